The second-order valence-electron chi connectivity index (χ2n) is 5.96. The Balaban J connectivity index is 1.89. The molecule has 1 heterocycles. The first-order chi connectivity index (χ1) is 10.1. The van der Waals surface area contributed by atoms with Crippen molar-refractivity contribution in [2.75, 3.05) is 0 Å². The minimum atomic E-state index is -1.67. The summed E-state index contributed by atoms with van der Waals surface area (Å²) in [7, 11) is -1.67. The molecule has 0 N–H and O–H groups in total. The van der Waals surface area contributed by atoms with Gasteiger partial charge in [-0.15, -0.1) is 6.58 Å². The van der Waals surface area contributed by atoms with Crippen LogP contribution in [0.4, 0.5) is 0 Å². The number of benzene rings is 2. The quantitative estimate of drug-likeness (QED) is 0.670. The van der Waals surface area contributed by atoms with Gasteiger partial charge in [-0.25, -0.2) is 4.98 Å². The minimum absolute atomic E-state index is 0.842. The van der Waals surface area contributed by atoms with E-state index < -0.39 is 8.07 Å². The summed E-state index contributed by atoms with van der Waals surface area (Å²) in [5.41, 5.74) is 2.22. The molecule has 0 aliphatic rings. The van der Waals surface area contributed by atoms with Crippen LogP contribution in [0.25, 0.3) is 11.0 Å². The summed E-state index contributed by atoms with van der Waals surface area (Å²) in [6, 6.07) is 19.0. The normalized spacial score (nSPS) is 11.7. The molecule has 0 saturated carbocycles. The zero-order chi connectivity index (χ0) is 14.9. The van der Waals surface area contributed by atoms with Gasteiger partial charge < -0.3 is 4.57 Å². The van der Waals surface area contributed by atoms with Crippen LogP contribution in [-0.4, -0.2) is 17.6 Å². The molecule has 2 nitrogen and oxygen atoms in total. The maximum atomic E-state index is 4.46. The minimum Gasteiger partial charge on any atom is -0.327 e. The third-order valence-electron chi connectivity index (χ3n) is 4.27. The van der Waals surface area contributed by atoms with Crippen LogP contribution in [0, 0.1) is 0 Å². The van der Waals surface area contributed by atoms with E-state index in [-0.39, 0.29) is 0 Å². The number of rotatable bonds is 4. The van der Waals surface area contributed by atoms with Gasteiger partial charge in [0.2, 0.25) is 0 Å². The second kappa shape index (κ2) is 5.33. The van der Waals surface area contributed by atoms with Crippen LogP contribution < -0.4 is 5.19 Å². The molecule has 0 amide bonds. The monoisotopic (exact) mass is 292 g/mol. The van der Waals surface area contributed by atoms with Crippen molar-refractivity contribution in [2.45, 2.75) is 19.6 Å². The van der Waals surface area contributed by atoms with Gasteiger partial charge in [-0.1, -0.05) is 65.9 Å². The number of aromatic nitrogens is 2. The van der Waals surface area contributed by atoms with Crippen molar-refractivity contribution in [1.82, 2.24) is 9.55 Å². The predicted octanol–water partition coefficient (Wildman–Crippen LogP) is 3.75. The van der Waals surface area contributed by atoms with Crippen molar-refractivity contribution in [3.8, 4) is 0 Å². The molecule has 0 aliphatic carbocycles. The summed E-state index contributed by atoms with van der Waals surface area (Å²) in [5.74, 6) is 0. The Morgan fingerprint density at radius 1 is 1.05 bits per heavy atom. The fourth-order valence-corrected chi connectivity index (χ4v) is 4.60. The molecule has 0 aliphatic heterocycles. The van der Waals surface area contributed by atoms with Gasteiger partial charge in [-0.3, -0.25) is 0 Å². The van der Waals surface area contributed by atoms with E-state index in [4.69, 9.17) is 0 Å². The lowest BCUT2D eigenvalue weighted by molar-refractivity contribution is 0.834. The molecule has 0 bridgehead atoms. The van der Waals surface area contributed by atoms with Crippen molar-refractivity contribution < 1.29 is 0 Å². The smallest absolute Gasteiger partial charge is 0.109 e. The average Bonchev–Trinajstić information content (AvgIpc) is 2.91. The topological polar surface area (TPSA) is 17.8 Å². The molecular weight excluding hydrogens is 272 g/mol. The van der Waals surface area contributed by atoms with E-state index in [1.54, 1.807) is 0 Å². The first kappa shape index (κ1) is 13.8. The van der Waals surface area contributed by atoms with Crippen LogP contribution in [0.3, 0.4) is 0 Å². The Morgan fingerprint density at radius 3 is 2.48 bits per heavy atom. The van der Waals surface area contributed by atoms with Gasteiger partial charge in [0, 0.05) is 6.54 Å². The summed E-state index contributed by atoms with van der Waals surface area (Å²) in [4.78, 5) is 4.46. The van der Waals surface area contributed by atoms with E-state index in [0.29, 0.717) is 0 Å². The number of para-hydroxylation sites is 2. The van der Waals surface area contributed by atoms with E-state index in [9.17, 15) is 0 Å². The van der Waals surface area contributed by atoms with Gasteiger partial charge >= 0.3 is 0 Å². The fraction of sp³-hybridized carbons (Fsp3) is 0.167. The second-order valence-corrected chi connectivity index (χ2v) is 10.5. The molecule has 0 radical (unpaired) electrons. The van der Waals surface area contributed by atoms with Crippen LogP contribution >= 0.6 is 0 Å². The maximum absolute atomic E-state index is 4.46. The maximum Gasteiger partial charge on any atom is 0.109 e. The number of fused-ring (bicyclic) bond motifs is 1. The largest absolute Gasteiger partial charge is 0.327 e. The molecule has 0 fully saturated rings. The Kier molecular flexibility index (Phi) is 3.51. The van der Waals surface area contributed by atoms with Gasteiger partial charge in [-0.2, -0.15) is 0 Å². The summed E-state index contributed by atoms with van der Waals surface area (Å²) in [5, 5.41) is 2.75. The molecule has 3 aromatic rings. The highest BCUT2D eigenvalue weighted by molar-refractivity contribution is 6.95. The summed E-state index contributed by atoms with van der Waals surface area (Å²) < 4.78 is 2.20. The molecular formula is C18H20N2Si. The third kappa shape index (κ3) is 2.57. The predicted molar refractivity (Wildman–Crippen MR) is 92.4 cm³/mol. The number of hydrogen-bond donors (Lipinski definition) is 0. The molecule has 3 rings (SSSR count). The highest BCUT2D eigenvalue weighted by Gasteiger charge is 2.27. The number of allylic oxidation sites excluding steroid dienone is 1. The molecule has 106 valence electrons. The van der Waals surface area contributed by atoms with Crippen molar-refractivity contribution in [3.05, 3.63) is 72.7 Å². The zero-order valence-electron chi connectivity index (χ0n) is 12.6. The van der Waals surface area contributed by atoms with Crippen LogP contribution in [0.1, 0.15) is 0 Å². The van der Waals surface area contributed by atoms with Crippen LogP contribution in [0.5, 0.6) is 0 Å². The highest BCUT2D eigenvalue weighted by Crippen LogP contribution is 2.19. The summed E-state index contributed by atoms with van der Waals surface area (Å²) in [6.45, 7) is 9.97. The lowest BCUT2D eigenvalue weighted by Crippen LogP contribution is -2.44. The fourth-order valence-electron chi connectivity index (χ4n) is 2.60. The number of nitrogens with zero attached hydrogens (tertiary/aromatic N) is 2. The van der Waals surface area contributed by atoms with Crippen molar-refractivity contribution in [1.29, 1.82) is 0 Å². The van der Waals surface area contributed by atoms with Gasteiger partial charge in [0.25, 0.3) is 0 Å². The van der Waals surface area contributed by atoms with Gasteiger partial charge in [-0.05, 0) is 12.1 Å². The standard InChI is InChI=1S/C18H20N2Si/c1-15(21(2,3)16-9-5-4-6-10-16)13-20-14-19-17-11-7-8-12-18(17)20/h4-12,14H,1,13H2,2-3H3. The van der Waals surface area contributed by atoms with Crippen LogP contribution in [-0.2, 0) is 6.54 Å². The van der Waals surface area contributed by atoms with E-state index in [1.807, 2.05) is 18.5 Å². The first-order valence-electron chi connectivity index (χ1n) is 7.22. The lowest BCUT2D eigenvalue weighted by atomic mass is 10.3. The van der Waals surface area contributed by atoms with Crippen molar-refractivity contribution in [3.63, 3.8) is 0 Å². The molecule has 0 spiro atoms. The van der Waals surface area contributed by atoms with Gasteiger partial charge in [0.05, 0.1) is 17.4 Å². The Morgan fingerprint density at radius 2 is 1.71 bits per heavy atom. The van der Waals surface area contributed by atoms with Gasteiger partial charge in [0.1, 0.15) is 8.07 Å². The number of hydrogen-bond acceptors (Lipinski definition) is 1. The van der Waals surface area contributed by atoms with Crippen molar-refractivity contribution in [2.24, 2.45) is 0 Å². The Bertz CT molecular complexity index is 772. The Hall–Kier alpha value is -2.13. The molecule has 1 aromatic heterocycles. The highest BCUT2D eigenvalue weighted by atomic mass is 28.3. The van der Waals surface area contributed by atoms with Crippen LogP contribution in [0.2, 0.25) is 13.1 Å². The Labute approximate surface area is 126 Å². The molecule has 0 saturated heterocycles. The molecule has 2 aromatic carbocycles. The number of imidazole rings is 1. The van der Waals surface area contributed by atoms with E-state index >= 15 is 0 Å². The van der Waals surface area contributed by atoms with E-state index in [2.05, 4.69) is 71.7 Å². The zero-order valence-corrected chi connectivity index (χ0v) is 13.6. The summed E-state index contributed by atoms with van der Waals surface area (Å²) in [6.07, 6.45) is 1.92. The van der Waals surface area contributed by atoms with Crippen LogP contribution in [0.15, 0.2) is 72.7 Å². The molecule has 21 heavy (non-hydrogen) atoms. The third-order valence-corrected chi connectivity index (χ3v) is 7.97. The first-order valence-corrected chi connectivity index (χ1v) is 10.2. The summed E-state index contributed by atoms with van der Waals surface area (Å²) >= 11 is 0. The lowest BCUT2D eigenvalue weighted by Gasteiger charge is -2.26. The van der Waals surface area contributed by atoms with Crippen molar-refractivity contribution >= 4 is 24.3 Å². The molecule has 3 heteroatoms. The SMILES string of the molecule is C=C(Cn1cnc2ccccc21)[Si](C)(C)c1ccccc1. The molecule has 0 unspecified atom stereocenters. The van der Waals surface area contributed by atoms with E-state index in [1.165, 1.54) is 15.9 Å². The van der Waals surface area contributed by atoms with E-state index in [0.717, 1.165) is 12.1 Å². The molecule has 0 atom stereocenters. The van der Waals surface area contributed by atoms with Gasteiger partial charge in [0.15, 0.2) is 0 Å². The average molecular weight is 292 g/mol.